The molecule has 0 amide bonds. The van der Waals surface area contributed by atoms with Crippen molar-refractivity contribution in [1.29, 1.82) is 0 Å². The van der Waals surface area contributed by atoms with Crippen LogP contribution in [0.25, 0.3) is 0 Å². The van der Waals surface area contributed by atoms with Crippen LogP contribution in [0.3, 0.4) is 0 Å². The molecule has 0 spiro atoms. The van der Waals surface area contributed by atoms with Gasteiger partial charge in [-0.3, -0.25) is 4.79 Å². The molecule has 0 unspecified atom stereocenters. The van der Waals surface area contributed by atoms with Gasteiger partial charge in [-0.25, -0.2) is 9.59 Å². The van der Waals surface area contributed by atoms with Crippen molar-refractivity contribution in [1.82, 2.24) is 9.55 Å². The molecule has 0 aromatic carbocycles. The number of aromatic amines is 1. The second-order valence-corrected chi connectivity index (χ2v) is 1.74. The van der Waals surface area contributed by atoms with Crippen LogP contribution in [0.2, 0.25) is 0 Å². The van der Waals surface area contributed by atoms with Crippen LogP contribution in [0.1, 0.15) is 0 Å². The Kier molecular flexibility index (Phi) is 3.56. The van der Waals surface area contributed by atoms with Gasteiger partial charge in [0.05, 0.1) is 0 Å². The van der Waals surface area contributed by atoms with E-state index in [-0.39, 0.29) is 24.0 Å². The zero-order valence-corrected chi connectivity index (χ0v) is 8.95. The average Bonchev–Trinajstić information content (AvgIpc) is 1.85. The molecular formula is C5H4N2O4Zn. The van der Waals surface area contributed by atoms with E-state index in [0.29, 0.717) is 0 Å². The van der Waals surface area contributed by atoms with Crippen molar-refractivity contribution in [3.63, 3.8) is 0 Å². The first kappa shape index (κ1) is 10.8. The third kappa shape index (κ3) is 1.88. The summed E-state index contributed by atoms with van der Waals surface area (Å²) in [4.78, 5) is 33.5. The van der Waals surface area contributed by atoms with Gasteiger partial charge >= 0.3 is 11.8 Å². The van der Waals surface area contributed by atoms with E-state index in [1.165, 1.54) is 0 Å². The maximum absolute atomic E-state index is 10.6. The molecule has 2 N–H and O–H groups in total. The van der Waals surface area contributed by atoms with E-state index in [9.17, 15) is 14.4 Å². The SMILES string of the molecule is O=C(O)n1c(=O)cc[nH]c1=O.[Zn]. The van der Waals surface area contributed by atoms with Gasteiger partial charge in [-0.05, 0) is 0 Å². The summed E-state index contributed by atoms with van der Waals surface area (Å²) < 4.78 is 0.0833. The first-order valence-electron chi connectivity index (χ1n) is 2.67. The molecule has 0 radical (unpaired) electrons. The number of aromatic nitrogens is 2. The van der Waals surface area contributed by atoms with Gasteiger partial charge in [-0.2, -0.15) is 4.57 Å². The van der Waals surface area contributed by atoms with Gasteiger partial charge in [0.15, 0.2) is 0 Å². The molecule has 1 aromatic heterocycles. The molecule has 0 aliphatic heterocycles. The van der Waals surface area contributed by atoms with Gasteiger partial charge in [0.2, 0.25) is 0 Å². The zero-order chi connectivity index (χ0) is 8.43. The molecule has 0 bridgehead atoms. The Hall–Kier alpha value is -1.23. The van der Waals surface area contributed by atoms with E-state index in [0.717, 1.165) is 12.3 Å². The van der Waals surface area contributed by atoms with Gasteiger partial charge in [0, 0.05) is 31.7 Å². The van der Waals surface area contributed by atoms with E-state index in [1.807, 2.05) is 4.98 Å². The minimum atomic E-state index is -1.59. The summed E-state index contributed by atoms with van der Waals surface area (Å²) in [7, 11) is 0. The Bertz CT molecular complexity index is 365. The van der Waals surface area contributed by atoms with Crippen molar-refractivity contribution in [3.8, 4) is 0 Å². The molecule has 0 atom stereocenters. The number of rotatable bonds is 0. The van der Waals surface area contributed by atoms with Crippen LogP contribution < -0.4 is 11.2 Å². The molecule has 6 nitrogen and oxygen atoms in total. The van der Waals surface area contributed by atoms with E-state index >= 15 is 0 Å². The summed E-state index contributed by atoms with van der Waals surface area (Å²) in [5, 5.41) is 8.29. The second-order valence-electron chi connectivity index (χ2n) is 1.74. The number of hydrogen-bond acceptors (Lipinski definition) is 3. The van der Waals surface area contributed by atoms with Crippen LogP contribution in [0, 0.1) is 0 Å². The minimum absolute atomic E-state index is 0. The summed E-state index contributed by atoms with van der Waals surface area (Å²) in [5.74, 6) is 0. The van der Waals surface area contributed by atoms with Crippen molar-refractivity contribution in [2.24, 2.45) is 0 Å². The molecule has 0 saturated heterocycles. The summed E-state index contributed by atoms with van der Waals surface area (Å²) in [6.07, 6.45) is -0.499. The number of nitrogens with one attached hydrogen (secondary N) is 1. The van der Waals surface area contributed by atoms with Crippen LogP contribution in [-0.4, -0.2) is 20.8 Å². The number of carbonyl (C=O) groups is 1. The summed E-state index contributed by atoms with van der Waals surface area (Å²) >= 11 is 0. The van der Waals surface area contributed by atoms with Crippen LogP contribution in [0.15, 0.2) is 21.9 Å². The topological polar surface area (TPSA) is 92.2 Å². The Morgan fingerprint density at radius 2 is 2.08 bits per heavy atom. The molecule has 7 heteroatoms. The number of hydrogen-bond donors (Lipinski definition) is 2. The normalized spacial score (nSPS) is 8.67. The Morgan fingerprint density at radius 3 is 2.42 bits per heavy atom. The number of carboxylic acid groups (broad SMARTS) is 1. The predicted octanol–water partition coefficient (Wildman–Crippen LogP) is -0.940. The third-order valence-electron chi connectivity index (χ3n) is 1.05. The Morgan fingerprint density at radius 1 is 1.50 bits per heavy atom. The largest absolute Gasteiger partial charge is 0.464 e. The van der Waals surface area contributed by atoms with Crippen LogP contribution >= 0.6 is 0 Å². The fourth-order valence-corrected chi connectivity index (χ4v) is 0.605. The van der Waals surface area contributed by atoms with Crippen molar-refractivity contribution >= 4 is 6.09 Å². The standard InChI is InChI=1S/C5H4N2O4.Zn/c8-3-1-2-6-4(9)7(3)5(10)11;/h1-2H,(H,6,9)(H,10,11);. The Labute approximate surface area is 78.6 Å². The fourth-order valence-electron chi connectivity index (χ4n) is 0.605. The first-order chi connectivity index (χ1) is 5.13. The van der Waals surface area contributed by atoms with Crippen molar-refractivity contribution in [2.75, 3.05) is 0 Å². The molecule has 0 aliphatic carbocycles. The van der Waals surface area contributed by atoms with Gasteiger partial charge in [0.25, 0.3) is 5.56 Å². The predicted molar refractivity (Wildman–Crippen MR) is 34.7 cm³/mol. The van der Waals surface area contributed by atoms with Crippen molar-refractivity contribution < 1.29 is 29.4 Å². The van der Waals surface area contributed by atoms with Crippen LogP contribution in [0.5, 0.6) is 0 Å². The van der Waals surface area contributed by atoms with Gasteiger partial charge in [-0.1, -0.05) is 0 Å². The third-order valence-corrected chi connectivity index (χ3v) is 1.05. The molecule has 12 heavy (non-hydrogen) atoms. The van der Waals surface area contributed by atoms with Crippen LogP contribution in [-0.2, 0) is 19.5 Å². The Balaban J connectivity index is 0.00000121. The monoisotopic (exact) mass is 220 g/mol. The maximum Gasteiger partial charge on any atom is 0.422 e. The van der Waals surface area contributed by atoms with E-state index < -0.39 is 17.3 Å². The average molecular weight is 221 g/mol. The molecular weight excluding hydrogens is 217 g/mol. The first-order valence-corrected chi connectivity index (χ1v) is 2.67. The summed E-state index contributed by atoms with van der Waals surface area (Å²) in [6.45, 7) is 0. The second kappa shape index (κ2) is 3.97. The quantitative estimate of drug-likeness (QED) is 0.553. The van der Waals surface area contributed by atoms with Gasteiger partial charge in [-0.15, -0.1) is 0 Å². The molecule has 1 heterocycles. The molecule has 0 aliphatic rings. The number of H-pyrrole nitrogens is 1. The number of nitrogens with zero attached hydrogens (tertiary/aromatic N) is 1. The zero-order valence-electron chi connectivity index (χ0n) is 5.98. The molecule has 60 valence electrons. The fraction of sp³-hybridized carbons (Fsp3) is 0. The smallest absolute Gasteiger partial charge is 0.422 e. The molecule has 1 rings (SSSR count). The van der Waals surface area contributed by atoms with E-state index in [2.05, 4.69) is 0 Å². The molecule has 0 fully saturated rings. The minimum Gasteiger partial charge on any atom is -0.464 e. The maximum atomic E-state index is 10.6. The van der Waals surface area contributed by atoms with E-state index in [4.69, 9.17) is 5.11 Å². The van der Waals surface area contributed by atoms with E-state index in [1.54, 1.807) is 0 Å². The van der Waals surface area contributed by atoms with Crippen molar-refractivity contribution in [3.05, 3.63) is 33.1 Å². The van der Waals surface area contributed by atoms with Crippen LogP contribution in [0.4, 0.5) is 4.79 Å². The summed E-state index contributed by atoms with van der Waals surface area (Å²) in [6, 6.07) is 0.954. The van der Waals surface area contributed by atoms with Gasteiger partial charge < -0.3 is 10.1 Å². The van der Waals surface area contributed by atoms with Crippen molar-refractivity contribution in [2.45, 2.75) is 0 Å². The van der Waals surface area contributed by atoms with Gasteiger partial charge in [0.1, 0.15) is 0 Å². The molecule has 1 aromatic rings. The summed E-state index contributed by atoms with van der Waals surface area (Å²) in [5.41, 5.74) is -1.81. The molecule has 0 saturated carbocycles.